The molecule has 0 spiro atoms. The minimum absolute atomic E-state index is 0.00846. The molecule has 0 bridgehead atoms. The average Bonchev–Trinajstić information content (AvgIpc) is 1.80. The van der Waals surface area contributed by atoms with Crippen LogP contribution in [0.1, 0.15) is 72.9 Å². The molecule has 3 aromatic rings. The van der Waals surface area contributed by atoms with Gasteiger partial charge < -0.3 is 55.9 Å². The van der Waals surface area contributed by atoms with Crippen LogP contribution in [-0.2, 0) is 54.3 Å². The smallest absolute Gasteiger partial charge is 0.317 e. The van der Waals surface area contributed by atoms with Crippen molar-refractivity contribution in [3.8, 4) is 5.75 Å². The van der Waals surface area contributed by atoms with Gasteiger partial charge >= 0.3 is 23.9 Å². The van der Waals surface area contributed by atoms with Gasteiger partial charge in [-0.25, -0.2) is 8.78 Å². The van der Waals surface area contributed by atoms with Gasteiger partial charge in [0.25, 0.3) is 11.8 Å². The van der Waals surface area contributed by atoms with Gasteiger partial charge in [0.05, 0.1) is 76.5 Å². The monoisotopic (exact) mass is 1310 g/mol. The highest BCUT2D eigenvalue weighted by Gasteiger charge is 2.46. The number of alkyl halides is 2. The second-order valence-corrected chi connectivity index (χ2v) is 23.6. The number of carbonyl (C=O) groups excluding carboxylic acids is 7. The van der Waals surface area contributed by atoms with E-state index in [2.05, 4.69) is 36.1 Å². The van der Waals surface area contributed by atoms with E-state index in [0.29, 0.717) is 68.6 Å². The number of pyridine rings is 1. The predicted octanol–water partition coefficient (Wildman–Crippen LogP) is 0.440. The van der Waals surface area contributed by atoms with Crippen LogP contribution >= 0.6 is 0 Å². The molecule has 0 saturated carbocycles. The molecule has 4 heterocycles. The SMILES string of the molecule is CN=C[C@H]1CC(F)(F)CN1C(=O)CNC(=O)c1ccnc2ccc(OCCCCN3CCN(C(=O)[C@H](CC(=O)OC)NC(=O)[C@H](CCCNC(=O)CCCc4ccc(C)cc4)NC(=O)CN4CCN(CC(=O)O)CCN(CC(=O)O)CCN(CC(=O)O)CC4)CC3)cc12. The number of piperazine rings is 1. The van der Waals surface area contributed by atoms with Crippen molar-refractivity contribution in [3.63, 3.8) is 0 Å². The molecular formula is C63H89F2N13O15. The Labute approximate surface area is 539 Å². The molecular weight excluding hydrogens is 1220 g/mol. The summed E-state index contributed by atoms with van der Waals surface area (Å²) in [6.45, 7) is 3.08. The van der Waals surface area contributed by atoms with E-state index in [1.165, 1.54) is 25.5 Å². The largest absolute Gasteiger partial charge is 0.494 e. The Morgan fingerprint density at radius 2 is 1.31 bits per heavy atom. The summed E-state index contributed by atoms with van der Waals surface area (Å²) in [7, 11) is 2.58. The van der Waals surface area contributed by atoms with Crippen LogP contribution < -0.4 is 26.0 Å². The van der Waals surface area contributed by atoms with E-state index in [1.807, 2.05) is 31.2 Å². The van der Waals surface area contributed by atoms with Gasteiger partial charge in [-0.3, -0.25) is 82.4 Å². The summed E-state index contributed by atoms with van der Waals surface area (Å²) in [5.41, 5.74) is 2.93. The lowest BCUT2D eigenvalue weighted by atomic mass is 10.1. The van der Waals surface area contributed by atoms with Crippen molar-refractivity contribution in [2.75, 3.05) is 152 Å². The Bertz CT molecular complexity index is 3030. The summed E-state index contributed by atoms with van der Waals surface area (Å²) in [6, 6.07) is 11.1. The molecule has 3 atom stereocenters. The number of halogens is 2. The fraction of sp³-hybridized carbons (Fsp3) is 0.587. The topological polar surface area (TPSA) is 346 Å². The zero-order chi connectivity index (χ0) is 67.5. The molecule has 0 unspecified atom stereocenters. The Morgan fingerprint density at radius 3 is 1.90 bits per heavy atom. The lowest BCUT2D eigenvalue weighted by Crippen LogP contribution is -2.58. The number of likely N-dealkylation sites (tertiary alicyclic amines) is 1. The van der Waals surface area contributed by atoms with Crippen molar-refractivity contribution >= 4 is 76.4 Å². The first-order valence-electron chi connectivity index (χ1n) is 31.4. The number of aliphatic carboxylic acids is 3. The van der Waals surface area contributed by atoms with Gasteiger partial charge in [0, 0.05) is 123 Å². The number of carbonyl (C=O) groups is 10. The maximum atomic E-state index is 14.5. The summed E-state index contributed by atoms with van der Waals surface area (Å²) < 4.78 is 39.4. The van der Waals surface area contributed by atoms with Crippen LogP contribution in [0.4, 0.5) is 8.78 Å². The van der Waals surface area contributed by atoms with Gasteiger partial charge in [0.2, 0.25) is 29.5 Å². The third kappa shape index (κ3) is 25.6. The standard InChI is InChI=1S/C63H89F2N13O15/c1-44-11-13-45(14-12-44)8-6-10-53(79)68-18-7-9-51(70-54(80)39-73-21-23-74(40-56(82)83)25-27-76(42-58(86)87)28-26-75(24-22-73)41-57(84)85)61(90)71-52(35-59(88)92-3)62(91)77-31-29-72(30-32-77)20-4-5-33-93-47-15-16-50-49(34-47)48(17-19-67-50)60(89)69-38-55(81)78-43-63(64,65)36-46(78)37-66-2/h11-17,19,34,37,46,51-52H,4-10,18,20-33,35-36,38-43H2,1-3H3,(H,68,79)(H,69,89)(H,70,80)(H,71,90)(H,82,83)(H,84,85)(H,86,87)/t46-,51+,52+/m1/s1. The number of hydrogen-bond donors (Lipinski definition) is 7. The maximum Gasteiger partial charge on any atom is 0.317 e. The molecule has 28 nitrogen and oxygen atoms in total. The third-order valence-electron chi connectivity index (χ3n) is 16.4. The number of benzene rings is 2. The van der Waals surface area contributed by atoms with Crippen molar-refractivity contribution in [3.05, 3.63) is 71.4 Å². The minimum atomic E-state index is -3.07. The molecule has 1 aromatic heterocycles. The van der Waals surface area contributed by atoms with Crippen LogP contribution in [0, 0.1) is 6.92 Å². The van der Waals surface area contributed by atoms with Gasteiger partial charge in [-0.2, -0.15) is 0 Å². The first-order valence-corrected chi connectivity index (χ1v) is 31.4. The van der Waals surface area contributed by atoms with Gasteiger partial charge in [-0.1, -0.05) is 29.8 Å². The Morgan fingerprint density at radius 1 is 0.710 bits per heavy atom. The van der Waals surface area contributed by atoms with E-state index in [-0.39, 0.29) is 129 Å². The number of unbranched alkanes of at least 4 members (excludes halogenated alkanes) is 1. The zero-order valence-corrected chi connectivity index (χ0v) is 53.2. The van der Waals surface area contributed by atoms with Crippen molar-refractivity contribution in [2.24, 2.45) is 4.99 Å². The molecule has 0 aliphatic carbocycles. The maximum absolute atomic E-state index is 14.5. The molecule has 6 rings (SSSR count). The lowest BCUT2D eigenvalue weighted by molar-refractivity contribution is -0.147. The Balaban J connectivity index is 1.04. The molecule has 7 N–H and O–H groups in total. The molecule has 3 fully saturated rings. The molecule has 93 heavy (non-hydrogen) atoms. The normalized spacial score (nSPS) is 18.0. The van der Waals surface area contributed by atoms with Crippen molar-refractivity contribution in [1.29, 1.82) is 0 Å². The number of ether oxygens (including phenoxy) is 2. The zero-order valence-electron chi connectivity index (χ0n) is 53.2. The summed E-state index contributed by atoms with van der Waals surface area (Å²) in [6.07, 6.45) is 4.77. The minimum Gasteiger partial charge on any atom is -0.494 e. The quantitative estimate of drug-likeness (QED) is 0.0253. The number of esters is 1. The fourth-order valence-electron chi connectivity index (χ4n) is 11.3. The molecule has 510 valence electrons. The number of carboxylic acids is 3. The number of methoxy groups -OCH3 is 1. The molecule has 3 aliphatic rings. The van der Waals surface area contributed by atoms with E-state index >= 15 is 0 Å². The second kappa shape index (κ2) is 37.4. The lowest BCUT2D eigenvalue weighted by Gasteiger charge is -2.36. The van der Waals surface area contributed by atoms with Crippen molar-refractivity contribution in [1.82, 2.24) is 60.6 Å². The van der Waals surface area contributed by atoms with Crippen LogP contribution in [0.15, 0.2) is 59.7 Å². The number of rotatable bonds is 32. The van der Waals surface area contributed by atoms with Crippen molar-refractivity contribution < 1.29 is 81.5 Å². The van der Waals surface area contributed by atoms with Crippen LogP contribution in [0.2, 0.25) is 0 Å². The number of aliphatic imine (C=N–C) groups is 1. The van der Waals surface area contributed by atoms with Crippen LogP contribution in [0.25, 0.3) is 10.9 Å². The Hall–Kier alpha value is -8.32. The Kier molecular flexibility index (Phi) is 29.6. The van der Waals surface area contributed by atoms with Gasteiger partial charge in [0.1, 0.15) is 17.8 Å². The molecule has 30 heteroatoms. The van der Waals surface area contributed by atoms with Gasteiger partial charge in [-0.15, -0.1) is 0 Å². The van der Waals surface area contributed by atoms with Crippen molar-refractivity contribution in [2.45, 2.75) is 88.8 Å². The number of nitrogens with one attached hydrogen (secondary N) is 4. The molecule has 6 amide bonds. The number of aromatic nitrogens is 1. The van der Waals surface area contributed by atoms with E-state index in [4.69, 9.17) is 9.47 Å². The molecule has 3 saturated heterocycles. The molecule has 3 aliphatic heterocycles. The number of fused-ring (bicyclic) bond motifs is 1. The van der Waals surface area contributed by atoms with Crippen LogP contribution in [0.3, 0.4) is 0 Å². The van der Waals surface area contributed by atoms with Gasteiger partial charge in [0.15, 0.2) is 0 Å². The second-order valence-electron chi connectivity index (χ2n) is 23.6. The first kappa shape index (κ1) is 73.7. The number of nitrogens with zero attached hydrogens (tertiary/aromatic N) is 9. The predicted molar refractivity (Wildman–Crippen MR) is 337 cm³/mol. The number of carboxylic acid groups (broad SMARTS) is 3. The van der Waals surface area contributed by atoms with E-state index in [1.54, 1.807) is 42.7 Å². The number of hydrogen-bond acceptors (Lipinski definition) is 19. The van der Waals surface area contributed by atoms with E-state index < -0.39 is 103 Å². The van der Waals surface area contributed by atoms with Crippen LogP contribution in [0.5, 0.6) is 5.75 Å². The highest BCUT2D eigenvalue weighted by molar-refractivity contribution is 6.07. The average molecular weight is 1310 g/mol. The number of amides is 6. The highest BCUT2D eigenvalue weighted by atomic mass is 19.3. The number of aryl methyl sites for hydroxylation is 2. The van der Waals surface area contributed by atoms with E-state index in [9.17, 15) is 72.0 Å². The summed E-state index contributed by atoms with van der Waals surface area (Å²) in [5.74, 6) is -10.1. The fourth-order valence-corrected chi connectivity index (χ4v) is 11.3. The third-order valence-corrected chi connectivity index (χ3v) is 16.4. The molecule has 2 aromatic carbocycles. The summed E-state index contributed by atoms with van der Waals surface area (Å²) >= 11 is 0. The highest BCUT2D eigenvalue weighted by Crippen LogP contribution is 2.31. The van der Waals surface area contributed by atoms with Crippen LogP contribution in [-0.4, -0.2) is 296 Å². The summed E-state index contributed by atoms with van der Waals surface area (Å²) in [5, 5.41) is 40.4. The summed E-state index contributed by atoms with van der Waals surface area (Å²) in [4.78, 5) is 150. The first-order chi connectivity index (χ1) is 44.5. The molecule has 0 radical (unpaired) electrons. The van der Waals surface area contributed by atoms with E-state index in [0.717, 1.165) is 23.1 Å². The van der Waals surface area contributed by atoms with Gasteiger partial charge in [-0.05, 0) is 81.8 Å².